The number of hydrogen-bond acceptors (Lipinski definition) is 3. The SMILES string of the molecule is COC(c1ccccc1F)C(C)NC(=O)c1ccc(CN)cc1.Cl. The molecule has 0 saturated heterocycles. The quantitative estimate of drug-likeness (QED) is 0.839. The van der Waals surface area contributed by atoms with E-state index in [9.17, 15) is 9.18 Å². The van der Waals surface area contributed by atoms with E-state index >= 15 is 0 Å². The fraction of sp³-hybridized carbons (Fsp3) is 0.278. The molecule has 0 heterocycles. The summed E-state index contributed by atoms with van der Waals surface area (Å²) in [6.45, 7) is 2.21. The Kier molecular flexibility index (Phi) is 7.85. The number of hydrogen-bond donors (Lipinski definition) is 2. The van der Waals surface area contributed by atoms with Crippen molar-refractivity contribution in [2.75, 3.05) is 7.11 Å². The van der Waals surface area contributed by atoms with Crippen molar-refractivity contribution in [2.24, 2.45) is 5.73 Å². The molecule has 24 heavy (non-hydrogen) atoms. The monoisotopic (exact) mass is 352 g/mol. The van der Waals surface area contributed by atoms with Crippen molar-refractivity contribution in [3.8, 4) is 0 Å². The molecule has 0 aromatic heterocycles. The number of nitrogens with one attached hydrogen (secondary N) is 1. The van der Waals surface area contributed by atoms with Crippen molar-refractivity contribution in [1.82, 2.24) is 5.32 Å². The highest BCUT2D eigenvalue weighted by Gasteiger charge is 2.23. The van der Waals surface area contributed by atoms with E-state index in [-0.39, 0.29) is 24.1 Å². The Labute approximate surface area is 147 Å². The number of nitrogens with two attached hydrogens (primary N) is 1. The largest absolute Gasteiger partial charge is 0.375 e. The van der Waals surface area contributed by atoms with E-state index in [1.807, 2.05) is 12.1 Å². The van der Waals surface area contributed by atoms with Crippen molar-refractivity contribution >= 4 is 18.3 Å². The molecule has 2 aromatic carbocycles. The molecule has 4 nitrogen and oxygen atoms in total. The molecule has 2 unspecified atom stereocenters. The number of rotatable bonds is 6. The molecule has 0 aliphatic heterocycles. The van der Waals surface area contributed by atoms with Crippen LogP contribution in [0.3, 0.4) is 0 Å². The third kappa shape index (κ3) is 4.77. The van der Waals surface area contributed by atoms with E-state index in [0.29, 0.717) is 17.7 Å². The lowest BCUT2D eigenvalue weighted by atomic mass is 10.0. The lowest BCUT2D eigenvalue weighted by Gasteiger charge is -2.24. The lowest BCUT2D eigenvalue weighted by molar-refractivity contribution is 0.0625. The first-order chi connectivity index (χ1) is 11.1. The molecule has 3 N–H and O–H groups in total. The van der Waals surface area contributed by atoms with Gasteiger partial charge in [-0.3, -0.25) is 4.79 Å². The summed E-state index contributed by atoms with van der Waals surface area (Å²) < 4.78 is 19.3. The molecule has 0 radical (unpaired) electrons. The van der Waals surface area contributed by atoms with E-state index in [0.717, 1.165) is 5.56 Å². The average molecular weight is 353 g/mol. The molecule has 2 aromatic rings. The minimum Gasteiger partial charge on any atom is -0.375 e. The summed E-state index contributed by atoms with van der Waals surface area (Å²) in [6.07, 6.45) is -0.566. The van der Waals surface area contributed by atoms with Gasteiger partial charge in [-0.25, -0.2) is 4.39 Å². The summed E-state index contributed by atoms with van der Waals surface area (Å²) in [6, 6.07) is 13.1. The van der Waals surface area contributed by atoms with Gasteiger partial charge in [0.1, 0.15) is 11.9 Å². The number of benzene rings is 2. The maximum absolute atomic E-state index is 13.9. The topological polar surface area (TPSA) is 64.3 Å². The highest BCUT2D eigenvalue weighted by molar-refractivity contribution is 5.94. The molecular weight excluding hydrogens is 331 g/mol. The van der Waals surface area contributed by atoms with Crippen LogP contribution in [0.4, 0.5) is 4.39 Å². The molecule has 0 fully saturated rings. The average Bonchev–Trinajstić information content (AvgIpc) is 2.57. The van der Waals surface area contributed by atoms with E-state index in [1.54, 1.807) is 37.3 Å². The first-order valence-corrected chi connectivity index (χ1v) is 7.44. The third-order valence-corrected chi connectivity index (χ3v) is 3.73. The highest BCUT2D eigenvalue weighted by atomic mass is 35.5. The van der Waals surface area contributed by atoms with E-state index in [4.69, 9.17) is 10.5 Å². The van der Waals surface area contributed by atoms with Gasteiger partial charge in [-0.05, 0) is 30.7 Å². The Hall–Kier alpha value is -1.95. The standard InChI is InChI=1S/C18H21FN2O2.ClH/c1-12(17(23-2)15-5-3-4-6-16(15)19)21-18(22)14-9-7-13(11-20)8-10-14;/h3-10,12,17H,11,20H2,1-2H3,(H,21,22);1H. The van der Waals surface area contributed by atoms with Crippen LogP contribution in [-0.4, -0.2) is 19.1 Å². The van der Waals surface area contributed by atoms with Crippen LogP contribution < -0.4 is 11.1 Å². The predicted octanol–water partition coefficient (Wildman–Crippen LogP) is 3.21. The second-order valence-corrected chi connectivity index (χ2v) is 5.34. The Bertz CT molecular complexity index is 664. The minimum atomic E-state index is -0.566. The van der Waals surface area contributed by atoms with Crippen LogP contribution in [0.15, 0.2) is 48.5 Å². The van der Waals surface area contributed by atoms with E-state index < -0.39 is 12.1 Å². The molecule has 0 spiro atoms. The van der Waals surface area contributed by atoms with Crippen molar-refractivity contribution in [3.63, 3.8) is 0 Å². The van der Waals surface area contributed by atoms with Crippen LogP contribution in [0.2, 0.25) is 0 Å². The van der Waals surface area contributed by atoms with Crippen LogP contribution in [0.5, 0.6) is 0 Å². The number of amides is 1. The summed E-state index contributed by atoms with van der Waals surface area (Å²) in [5.41, 5.74) is 7.44. The molecule has 0 aliphatic rings. The number of ether oxygens (including phenoxy) is 1. The van der Waals surface area contributed by atoms with E-state index in [2.05, 4.69) is 5.32 Å². The first-order valence-electron chi connectivity index (χ1n) is 7.44. The Balaban J connectivity index is 0.00000288. The maximum Gasteiger partial charge on any atom is 0.251 e. The highest BCUT2D eigenvalue weighted by Crippen LogP contribution is 2.23. The zero-order chi connectivity index (χ0) is 16.8. The van der Waals surface area contributed by atoms with Gasteiger partial charge in [0.25, 0.3) is 5.91 Å². The van der Waals surface area contributed by atoms with Gasteiger partial charge >= 0.3 is 0 Å². The minimum absolute atomic E-state index is 0. The lowest BCUT2D eigenvalue weighted by Crippen LogP contribution is -2.38. The molecule has 0 bridgehead atoms. The summed E-state index contributed by atoms with van der Waals surface area (Å²) >= 11 is 0. The van der Waals surface area contributed by atoms with Crippen molar-refractivity contribution in [2.45, 2.75) is 25.6 Å². The van der Waals surface area contributed by atoms with Gasteiger partial charge in [-0.1, -0.05) is 30.3 Å². The van der Waals surface area contributed by atoms with Gasteiger partial charge in [0.2, 0.25) is 0 Å². The van der Waals surface area contributed by atoms with Gasteiger partial charge in [-0.15, -0.1) is 12.4 Å². The van der Waals surface area contributed by atoms with Gasteiger partial charge in [0, 0.05) is 24.8 Å². The fourth-order valence-electron chi connectivity index (χ4n) is 2.46. The van der Waals surface area contributed by atoms with Crippen LogP contribution in [-0.2, 0) is 11.3 Å². The normalized spacial score (nSPS) is 12.8. The van der Waals surface area contributed by atoms with Crippen LogP contribution in [0.25, 0.3) is 0 Å². The molecule has 6 heteroatoms. The molecule has 130 valence electrons. The number of carbonyl (C=O) groups is 1. The molecular formula is C18H22ClFN2O2. The van der Waals surface area contributed by atoms with Gasteiger partial charge < -0.3 is 15.8 Å². The first kappa shape index (κ1) is 20.1. The van der Waals surface area contributed by atoms with Crippen molar-refractivity contribution < 1.29 is 13.9 Å². The summed E-state index contributed by atoms with van der Waals surface area (Å²) in [5, 5.41) is 2.85. The third-order valence-electron chi connectivity index (χ3n) is 3.73. The molecule has 2 rings (SSSR count). The van der Waals surface area contributed by atoms with Gasteiger partial charge in [-0.2, -0.15) is 0 Å². The summed E-state index contributed by atoms with van der Waals surface area (Å²) in [4.78, 5) is 12.3. The Morgan fingerprint density at radius 3 is 2.38 bits per heavy atom. The van der Waals surface area contributed by atoms with Crippen molar-refractivity contribution in [1.29, 1.82) is 0 Å². The smallest absolute Gasteiger partial charge is 0.251 e. The molecule has 2 atom stereocenters. The van der Waals surface area contributed by atoms with Gasteiger partial charge in [0.05, 0.1) is 6.04 Å². The molecule has 1 amide bonds. The van der Waals surface area contributed by atoms with Crippen LogP contribution in [0, 0.1) is 5.82 Å². The number of methoxy groups -OCH3 is 1. The second-order valence-electron chi connectivity index (χ2n) is 5.34. The fourth-order valence-corrected chi connectivity index (χ4v) is 2.46. The van der Waals surface area contributed by atoms with E-state index in [1.165, 1.54) is 13.2 Å². The number of carbonyl (C=O) groups excluding carboxylic acids is 1. The summed E-state index contributed by atoms with van der Waals surface area (Å²) in [5.74, 6) is -0.591. The van der Waals surface area contributed by atoms with Gasteiger partial charge in [0.15, 0.2) is 0 Å². The number of halogens is 2. The Morgan fingerprint density at radius 1 is 1.21 bits per heavy atom. The zero-order valence-electron chi connectivity index (χ0n) is 13.7. The summed E-state index contributed by atoms with van der Waals surface area (Å²) in [7, 11) is 1.50. The second kappa shape index (κ2) is 9.37. The maximum atomic E-state index is 13.9. The molecule has 0 aliphatic carbocycles. The Morgan fingerprint density at radius 2 is 1.83 bits per heavy atom. The zero-order valence-corrected chi connectivity index (χ0v) is 14.5. The predicted molar refractivity (Wildman–Crippen MR) is 94.7 cm³/mol. The van der Waals surface area contributed by atoms with Crippen LogP contribution in [0.1, 0.15) is 34.5 Å². The van der Waals surface area contributed by atoms with Crippen molar-refractivity contribution in [3.05, 3.63) is 71.0 Å². The van der Waals surface area contributed by atoms with Crippen LogP contribution >= 0.6 is 12.4 Å². The molecule has 0 saturated carbocycles.